The van der Waals surface area contributed by atoms with Gasteiger partial charge in [0, 0.05) is 29.6 Å². The highest BCUT2D eigenvalue weighted by Crippen LogP contribution is 2.29. The number of nitro benzene ring substituents is 1. The van der Waals surface area contributed by atoms with Gasteiger partial charge in [-0.05, 0) is 44.7 Å². The summed E-state index contributed by atoms with van der Waals surface area (Å²) in [6.07, 6.45) is 4.38. The van der Waals surface area contributed by atoms with Gasteiger partial charge in [-0.1, -0.05) is 6.92 Å². The van der Waals surface area contributed by atoms with Crippen LogP contribution in [0.4, 0.5) is 5.69 Å². The first-order valence-corrected chi connectivity index (χ1v) is 8.62. The summed E-state index contributed by atoms with van der Waals surface area (Å²) in [5.74, 6) is 0.176. The number of nitrogens with zero attached hydrogens (tertiary/aromatic N) is 2. The van der Waals surface area contributed by atoms with Crippen LogP contribution in [-0.2, 0) is 4.79 Å². The average molecular weight is 322 g/mol. The van der Waals surface area contributed by atoms with Gasteiger partial charge in [0.2, 0.25) is 5.91 Å². The molecule has 1 heterocycles. The Balaban J connectivity index is 1.99. The molecule has 0 N–H and O–H groups in total. The summed E-state index contributed by atoms with van der Waals surface area (Å²) in [6, 6.07) is 6.74. The van der Waals surface area contributed by atoms with E-state index in [-0.39, 0.29) is 16.8 Å². The number of benzene rings is 1. The number of hydrogen-bond donors (Lipinski definition) is 0. The van der Waals surface area contributed by atoms with E-state index in [0.29, 0.717) is 6.04 Å². The molecule has 0 bridgehead atoms. The minimum Gasteiger partial charge on any atom is -0.339 e. The Morgan fingerprint density at radius 3 is 2.68 bits per heavy atom. The molecule has 1 fully saturated rings. The number of carbonyl (C=O) groups is 1. The molecule has 6 heteroatoms. The predicted molar refractivity (Wildman–Crippen MR) is 88.1 cm³/mol. The van der Waals surface area contributed by atoms with Crippen molar-refractivity contribution in [3.63, 3.8) is 0 Å². The number of hydrogen-bond acceptors (Lipinski definition) is 4. The van der Waals surface area contributed by atoms with E-state index in [1.165, 1.54) is 30.3 Å². The average Bonchev–Trinajstić information content (AvgIpc) is 2.54. The number of likely N-dealkylation sites (tertiary alicyclic amines) is 1. The highest BCUT2D eigenvalue weighted by molar-refractivity contribution is 8.00. The normalized spacial score (nSPS) is 19.7. The third kappa shape index (κ3) is 4.00. The number of carbonyl (C=O) groups excluding carboxylic acids is 1. The lowest BCUT2D eigenvalue weighted by molar-refractivity contribution is -0.384. The van der Waals surface area contributed by atoms with E-state index in [1.807, 2.05) is 11.8 Å². The number of piperidine rings is 1. The zero-order valence-corrected chi connectivity index (χ0v) is 13.8. The maximum Gasteiger partial charge on any atom is 0.269 e. The van der Waals surface area contributed by atoms with Gasteiger partial charge < -0.3 is 4.90 Å². The van der Waals surface area contributed by atoms with Crippen molar-refractivity contribution in [3.8, 4) is 0 Å². The largest absolute Gasteiger partial charge is 0.339 e. The monoisotopic (exact) mass is 322 g/mol. The summed E-state index contributed by atoms with van der Waals surface area (Å²) < 4.78 is 0. The molecule has 1 amide bonds. The number of thioether (sulfide) groups is 1. The molecule has 22 heavy (non-hydrogen) atoms. The second kappa shape index (κ2) is 7.63. The second-order valence-corrected chi connectivity index (χ2v) is 7.01. The fourth-order valence-electron chi connectivity index (χ4n) is 2.85. The molecule has 0 aliphatic carbocycles. The Hall–Kier alpha value is -1.56. The van der Waals surface area contributed by atoms with Crippen molar-refractivity contribution in [3.05, 3.63) is 34.4 Å². The van der Waals surface area contributed by atoms with Crippen molar-refractivity contribution in [2.45, 2.75) is 55.7 Å². The third-order valence-electron chi connectivity index (χ3n) is 4.09. The fourth-order valence-corrected chi connectivity index (χ4v) is 3.79. The number of amides is 1. The van der Waals surface area contributed by atoms with Crippen molar-refractivity contribution in [1.82, 2.24) is 4.90 Å². The molecule has 2 unspecified atom stereocenters. The van der Waals surface area contributed by atoms with Crippen LogP contribution in [0.25, 0.3) is 0 Å². The van der Waals surface area contributed by atoms with Gasteiger partial charge >= 0.3 is 0 Å². The van der Waals surface area contributed by atoms with E-state index in [0.717, 1.165) is 30.7 Å². The molecule has 1 aliphatic rings. The fraction of sp³-hybridized carbons (Fsp3) is 0.562. The Morgan fingerprint density at radius 1 is 1.41 bits per heavy atom. The zero-order chi connectivity index (χ0) is 16.1. The van der Waals surface area contributed by atoms with Crippen molar-refractivity contribution in [2.75, 3.05) is 6.54 Å². The van der Waals surface area contributed by atoms with Gasteiger partial charge in [0.15, 0.2) is 0 Å². The zero-order valence-electron chi connectivity index (χ0n) is 13.0. The lowest BCUT2D eigenvalue weighted by atomic mass is 10.00. The molecular weight excluding hydrogens is 300 g/mol. The topological polar surface area (TPSA) is 63.5 Å². The van der Waals surface area contributed by atoms with Crippen LogP contribution >= 0.6 is 11.8 Å². The van der Waals surface area contributed by atoms with Crippen LogP contribution in [0.1, 0.15) is 39.5 Å². The highest BCUT2D eigenvalue weighted by Gasteiger charge is 2.28. The van der Waals surface area contributed by atoms with Crippen LogP contribution in [-0.4, -0.2) is 33.6 Å². The van der Waals surface area contributed by atoms with Crippen LogP contribution in [0.5, 0.6) is 0 Å². The molecule has 0 aromatic heterocycles. The minimum atomic E-state index is -0.414. The number of non-ortho nitro benzene ring substituents is 1. The van der Waals surface area contributed by atoms with E-state index >= 15 is 0 Å². The second-order valence-electron chi connectivity index (χ2n) is 5.60. The number of nitro groups is 1. The van der Waals surface area contributed by atoms with Gasteiger partial charge in [-0.3, -0.25) is 14.9 Å². The lowest BCUT2D eigenvalue weighted by Gasteiger charge is -2.36. The standard InChI is InChI=1S/C16H22N2O3S/c1-3-13-6-4-5-11-17(13)16(19)12(2)22-15-9-7-14(8-10-15)18(20)21/h7-10,12-13H,3-6,11H2,1-2H3. The van der Waals surface area contributed by atoms with Crippen molar-refractivity contribution >= 4 is 23.4 Å². The van der Waals surface area contributed by atoms with E-state index in [2.05, 4.69) is 6.92 Å². The summed E-state index contributed by atoms with van der Waals surface area (Å²) in [7, 11) is 0. The lowest BCUT2D eigenvalue weighted by Crippen LogP contribution is -2.46. The van der Waals surface area contributed by atoms with Crippen LogP contribution in [0.2, 0.25) is 0 Å². The van der Waals surface area contributed by atoms with E-state index < -0.39 is 4.92 Å². The van der Waals surface area contributed by atoms with E-state index in [9.17, 15) is 14.9 Å². The SMILES string of the molecule is CCC1CCCCN1C(=O)C(C)Sc1ccc([N+](=O)[O-])cc1. The summed E-state index contributed by atoms with van der Waals surface area (Å²) in [5.41, 5.74) is 0.0745. The molecule has 2 atom stereocenters. The first kappa shape index (κ1) is 16.8. The number of rotatable bonds is 5. The quantitative estimate of drug-likeness (QED) is 0.469. The Labute approximate surface area is 135 Å². The van der Waals surface area contributed by atoms with Gasteiger partial charge in [-0.15, -0.1) is 11.8 Å². The highest BCUT2D eigenvalue weighted by atomic mass is 32.2. The van der Waals surface area contributed by atoms with E-state index in [1.54, 1.807) is 12.1 Å². The smallest absolute Gasteiger partial charge is 0.269 e. The van der Waals surface area contributed by atoms with Gasteiger partial charge in [0.25, 0.3) is 5.69 Å². The molecule has 1 aromatic rings. The van der Waals surface area contributed by atoms with Crippen molar-refractivity contribution in [1.29, 1.82) is 0 Å². The molecule has 2 rings (SSSR count). The molecule has 1 aromatic carbocycles. The Kier molecular flexibility index (Phi) is 5.83. The van der Waals surface area contributed by atoms with Crippen LogP contribution in [0, 0.1) is 10.1 Å². The summed E-state index contributed by atoms with van der Waals surface area (Å²) in [4.78, 5) is 25.8. The van der Waals surface area contributed by atoms with Gasteiger partial charge in [-0.25, -0.2) is 0 Å². The van der Waals surface area contributed by atoms with Crippen LogP contribution in [0.3, 0.4) is 0 Å². The van der Waals surface area contributed by atoms with E-state index in [4.69, 9.17) is 0 Å². The molecule has 0 spiro atoms. The molecule has 1 saturated heterocycles. The minimum absolute atomic E-state index is 0.0745. The summed E-state index contributed by atoms with van der Waals surface area (Å²) in [6.45, 7) is 4.89. The molecule has 120 valence electrons. The maximum atomic E-state index is 12.6. The Morgan fingerprint density at radius 2 is 2.09 bits per heavy atom. The third-order valence-corrected chi connectivity index (χ3v) is 5.19. The summed E-state index contributed by atoms with van der Waals surface area (Å²) in [5, 5.41) is 10.5. The van der Waals surface area contributed by atoms with Crippen molar-refractivity contribution in [2.24, 2.45) is 0 Å². The molecular formula is C16H22N2O3S. The summed E-state index contributed by atoms with van der Waals surface area (Å²) >= 11 is 1.46. The molecule has 0 radical (unpaired) electrons. The molecule has 5 nitrogen and oxygen atoms in total. The van der Waals surface area contributed by atoms with Crippen LogP contribution < -0.4 is 0 Å². The first-order valence-electron chi connectivity index (χ1n) is 7.74. The Bertz CT molecular complexity index is 533. The van der Waals surface area contributed by atoms with Crippen molar-refractivity contribution < 1.29 is 9.72 Å². The van der Waals surface area contributed by atoms with Gasteiger partial charge in [0.1, 0.15) is 0 Å². The molecule has 1 aliphatic heterocycles. The van der Waals surface area contributed by atoms with Gasteiger partial charge in [0.05, 0.1) is 10.2 Å². The first-order chi connectivity index (χ1) is 10.5. The predicted octanol–water partition coefficient (Wildman–Crippen LogP) is 3.87. The molecule has 0 saturated carbocycles. The van der Waals surface area contributed by atoms with Gasteiger partial charge in [-0.2, -0.15) is 0 Å². The maximum absolute atomic E-state index is 12.6. The van der Waals surface area contributed by atoms with Crippen LogP contribution in [0.15, 0.2) is 29.2 Å².